The Morgan fingerprint density at radius 2 is 1.88 bits per heavy atom. The van der Waals surface area contributed by atoms with E-state index in [4.69, 9.17) is 0 Å². The Labute approximate surface area is 120 Å². The Morgan fingerprint density at radius 3 is 2.47 bits per heavy atom. The first-order chi connectivity index (χ1) is 7.68. The van der Waals surface area contributed by atoms with Gasteiger partial charge in [0.1, 0.15) is 12.6 Å². The highest BCUT2D eigenvalue weighted by atomic mass is 127. The van der Waals surface area contributed by atoms with Gasteiger partial charge in [-0.05, 0) is 25.3 Å². The fraction of sp³-hybridized carbons (Fsp3) is 0.538. The first-order valence-electron chi connectivity index (χ1n) is 5.94. The van der Waals surface area contributed by atoms with Crippen LogP contribution in [0.2, 0.25) is 0 Å². The number of hydrogen-bond acceptors (Lipinski definition) is 1. The summed E-state index contributed by atoms with van der Waals surface area (Å²) in [6.07, 6.45) is 5.46. The molecule has 1 aromatic rings. The molecule has 0 N–H and O–H groups in total. The molecule has 1 aliphatic rings. The molecule has 0 aromatic carbocycles. The van der Waals surface area contributed by atoms with Crippen LogP contribution in [-0.2, 0) is 7.05 Å². The van der Waals surface area contributed by atoms with Gasteiger partial charge in [0.2, 0.25) is 0 Å². The minimum Gasteiger partial charge on any atom is -1.00 e. The Bertz CT molecular complexity index is 400. The van der Waals surface area contributed by atoms with Gasteiger partial charge in [-0.3, -0.25) is 4.79 Å². The van der Waals surface area contributed by atoms with E-state index in [-0.39, 0.29) is 29.9 Å². The van der Waals surface area contributed by atoms with E-state index < -0.39 is 0 Å². The maximum atomic E-state index is 12.2. The number of halogens is 1. The monoisotopic (exact) mass is 346 g/mol. The smallest absolute Gasteiger partial charge is 0.259 e. The number of amides is 1. The van der Waals surface area contributed by atoms with Gasteiger partial charge in [0, 0.05) is 26.1 Å². The van der Waals surface area contributed by atoms with Crippen LogP contribution in [0, 0.1) is 6.92 Å². The predicted octanol–water partition coefficient (Wildman–Crippen LogP) is -1.55. The summed E-state index contributed by atoms with van der Waals surface area (Å²) in [6.45, 7) is 3.86. The summed E-state index contributed by atoms with van der Waals surface area (Å²) in [5.74, 6) is 0.176. The lowest BCUT2D eigenvalue weighted by Crippen LogP contribution is -3.00. The van der Waals surface area contributed by atoms with Crippen LogP contribution >= 0.6 is 0 Å². The molecule has 94 valence electrons. The third-order valence-electron chi connectivity index (χ3n) is 3.28. The largest absolute Gasteiger partial charge is 1.00 e. The molecule has 1 amide bonds. The molecule has 4 heteroatoms. The van der Waals surface area contributed by atoms with E-state index in [0.29, 0.717) is 0 Å². The number of nitrogens with zero attached hydrogens (tertiary/aromatic N) is 2. The van der Waals surface area contributed by atoms with Gasteiger partial charge in [-0.25, -0.2) is 4.57 Å². The Morgan fingerprint density at radius 1 is 1.24 bits per heavy atom. The van der Waals surface area contributed by atoms with E-state index in [1.807, 2.05) is 41.8 Å². The van der Waals surface area contributed by atoms with Crippen molar-refractivity contribution in [1.29, 1.82) is 0 Å². The van der Waals surface area contributed by atoms with Crippen molar-refractivity contribution in [3.8, 4) is 0 Å². The highest BCUT2D eigenvalue weighted by Crippen LogP contribution is 2.12. The number of aryl methyl sites for hydroxylation is 2. The number of rotatable bonds is 1. The van der Waals surface area contributed by atoms with E-state index >= 15 is 0 Å². The average molecular weight is 346 g/mol. The molecule has 0 aliphatic carbocycles. The van der Waals surface area contributed by atoms with Crippen molar-refractivity contribution >= 4 is 5.91 Å². The second-order valence-corrected chi connectivity index (χ2v) is 4.52. The van der Waals surface area contributed by atoms with E-state index in [9.17, 15) is 4.79 Å². The van der Waals surface area contributed by atoms with Crippen LogP contribution in [0.3, 0.4) is 0 Å². The van der Waals surface area contributed by atoms with Crippen LogP contribution in [0.25, 0.3) is 0 Å². The molecular formula is C13H19IN2O. The second-order valence-electron chi connectivity index (χ2n) is 4.52. The van der Waals surface area contributed by atoms with E-state index in [2.05, 4.69) is 0 Å². The molecule has 1 saturated heterocycles. The molecule has 0 unspecified atom stereocenters. The van der Waals surface area contributed by atoms with Gasteiger partial charge < -0.3 is 28.9 Å². The first kappa shape index (κ1) is 14.4. The van der Waals surface area contributed by atoms with Gasteiger partial charge >= 0.3 is 0 Å². The van der Waals surface area contributed by atoms with E-state index in [1.54, 1.807) is 0 Å². The van der Waals surface area contributed by atoms with Gasteiger partial charge in [-0.2, -0.15) is 0 Å². The van der Waals surface area contributed by atoms with Crippen LogP contribution in [0.1, 0.15) is 35.3 Å². The van der Waals surface area contributed by atoms with Gasteiger partial charge in [-0.15, -0.1) is 0 Å². The number of piperidine rings is 1. The fourth-order valence-electron chi connectivity index (χ4n) is 2.09. The van der Waals surface area contributed by atoms with Crippen LogP contribution in [-0.4, -0.2) is 23.9 Å². The van der Waals surface area contributed by atoms with Crippen molar-refractivity contribution in [3.05, 3.63) is 29.6 Å². The Balaban J connectivity index is 0.00000144. The quantitative estimate of drug-likeness (QED) is 0.446. The van der Waals surface area contributed by atoms with E-state index in [0.717, 1.165) is 37.2 Å². The highest BCUT2D eigenvalue weighted by molar-refractivity contribution is 5.93. The Kier molecular flexibility index (Phi) is 5.36. The summed E-state index contributed by atoms with van der Waals surface area (Å²) in [5.41, 5.74) is 1.96. The normalized spacial score (nSPS) is 15.3. The van der Waals surface area contributed by atoms with Crippen molar-refractivity contribution in [2.45, 2.75) is 26.2 Å². The summed E-state index contributed by atoms with van der Waals surface area (Å²) in [6, 6.07) is 3.92. The lowest BCUT2D eigenvalue weighted by Gasteiger charge is -2.26. The summed E-state index contributed by atoms with van der Waals surface area (Å²) in [4.78, 5) is 14.1. The van der Waals surface area contributed by atoms with Crippen LogP contribution in [0.15, 0.2) is 18.3 Å². The summed E-state index contributed by atoms with van der Waals surface area (Å²) >= 11 is 0. The van der Waals surface area contributed by atoms with Gasteiger partial charge in [0.15, 0.2) is 11.9 Å². The molecule has 0 radical (unpaired) electrons. The number of carbonyl (C=O) groups excluding carboxylic acids is 1. The van der Waals surface area contributed by atoms with Crippen molar-refractivity contribution in [1.82, 2.24) is 4.90 Å². The van der Waals surface area contributed by atoms with Gasteiger partial charge in [0.25, 0.3) is 5.91 Å². The zero-order valence-corrected chi connectivity index (χ0v) is 12.6. The van der Waals surface area contributed by atoms with Gasteiger partial charge in [-0.1, -0.05) is 0 Å². The lowest BCUT2D eigenvalue weighted by atomic mass is 10.1. The van der Waals surface area contributed by atoms with Crippen LogP contribution < -0.4 is 28.5 Å². The zero-order valence-electron chi connectivity index (χ0n) is 10.4. The predicted molar refractivity (Wildman–Crippen MR) is 62.1 cm³/mol. The summed E-state index contributed by atoms with van der Waals surface area (Å²) in [7, 11) is 1.97. The molecule has 2 rings (SSSR count). The second kappa shape index (κ2) is 6.33. The van der Waals surface area contributed by atoms with E-state index in [1.165, 1.54) is 6.42 Å². The number of carbonyl (C=O) groups is 1. The van der Waals surface area contributed by atoms with Crippen molar-refractivity contribution in [2.75, 3.05) is 13.1 Å². The molecular weight excluding hydrogens is 327 g/mol. The molecule has 0 atom stereocenters. The van der Waals surface area contributed by atoms with Crippen LogP contribution in [0.4, 0.5) is 0 Å². The highest BCUT2D eigenvalue weighted by Gasteiger charge is 2.20. The standard InChI is InChI=1S/C13H19N2O.HI/c1-11-6-7-12(10-14(11)2)13(16)15-8-4-3-5-9-15;/h6-7,10H,3-5,8-9H2,1-2H3;1H/q+1;/p-1. The molecule has 1 aliphatic heterocycles. The van der Waals surface area contributed by atoms with Gasteiger partial charge in [0.05, 0.1) is 0 Å². The molecule has 2 heterocycles. The third kappa shape index (κ3) is 3.40. The molecule has 0 bridgehead atoms. The number of aromatic nitrogens is 1. The SMILES string of the molecule is Cc1ccc(C(=O)N2CCCCC2)c[n+]1C.[I-]. The summed E-state index contributed by atoms with van der Waals surface area (Å²) < 4.78 is 2.00. The molecule has 3 nitrogen and oxygen atoms in total. The molecule has 1 fully saturated rings. The number of hydrogen-bond donors (Lipinski definition) is 0. The van der Waals surface area contributed by atoms with Crippen molar-refractivity contribution < 1.29 is 33.3 Å². The summed E-state index contributed by atoms with van der Waals surface area (Å²) in [5, 5.41) is 0. The minimum atomic E-state index is 0. The molecule has 17 heavy (non-hydrogen) atoms. The molecule has 0 saturated carbocycles. The molecule has 0 spiro atoms. The zero-order chi connectivity index (χ0) is 11.5. The maximum Gasteiger partial charge on any atom is 0.259 e. The minimum absolute atomic E-state index is 0. The average Bonchev–Trinajstić information content (AvgIpc) is 2.33. The molecule has 1 aromatic heterocycles. The van der Waals surface area contributed by atoms with Crippen molar-refractivity contribution in [2.24, 2.45) is 7.05 Å². The third-order valence-corrected chi connectivity index (χ3v) is 3.28. The van der Waals surface area contributed by atoms with Crippen LogP contribution in [0.5, 0.6) is 0 Å². The number of pyridine rings is 1. The first-order valence-corrected chi connectivity index (χ1v) is 5.94. The maximum absolute atomic E-state index is 12.2. The lowest BCUT2D eigenvalue weighted by molar-refractivity contribution is -0.677. The van der Waals surface area contributed by atoms with Crippen molar-refractivity contribution in [3.63, 3.8) is 0 Å². The Hall–Kier alpha value is -0.650. The fourth-order valence-corrected chi connectivity index (χ4v) is 2.09. The number of likely N-dealkylation sites (tertiary alicyclic amines) is 1. The topological polar surface area (TPSA) is 24.2 Å².